The van der Waals surface area contributed by atoms with Crippen molar-refractivity contribution in [2.24, 2.45) is 0 Å². The van der Waals surface area contributed by atoms with E-state index in [-0.39, 0.29) is 26.4 Å². The van der Waals surface area contributed by atoms with Gasteiger partial charge in [-0.3, -0.25) is 0 Å². The van der Waals surface area contributed by atoms with Gasteiger partial charge in [0.15, 0.2) is 0 Å². The maximum Gasteiger partial charge on any atom is 0.135 e. The van der Waals surface area contributed by atoms with Crippen LogP contribution in [0.1, 0.15) is 49.9 Å². The van der Waals surface area contributed by atoms with Gasteiger partial charge in [0, 0.05) is 33.1 Å². The fourth-order valence-electron chi connectivity index (χ4n) is 7.54. The molecule has 0 aliphatic heterocycles. The topological polar surface area (TPSA) is 58.9 Å². The van der Waals surface area contributed by atoms with Gasteiger partial charge in [0.05, 0.1) is 13.2 Å². The molecule has 2 N–H and O–H groups in total. The molecular formula is C52H50O4. The molecule has 0 aromatic heterocycles. The predicted molar refractivity (Wildman–Crippen MR) is 230 cm³/mol. The van der Waals surface area contributed by atoms with Crippen LogP contribution in [0.3, 0.4) is 0 Å². The Morgan fingerprint density at radius 2 is 0.643 bits per heavy atom. The minimum absolute atomic E-state index is 0.0730. The summed E-state index contributed by atoms with van der Waals surface area (Å²) in [6.45, 7) is 9.42. The smallest absolute Gasteiger partial charge is 0.135 e. The first kappa shape index (κ1) is 38.3. The van der Waals surface area contributed by atoms with Gasteiger partial charge in [0.25, 0.3) is 0 Å². The van der Waals surface area contributed by atoms with Gasteiger partial charge >= 0.3 is 0 Å². The zero-order chi connectivity index (χ0) is 39.1. The number of aliphatic hydroxyl groups excluding tert-OH is 2. The second kappa shape index (κ2) is 16.8. The summed E-state index contributed by atoms with van der Waals surface area (Å²) in [5.41, 5.74) is 12.1. The molecule has 7 aromatic rings. The summed E-state index contributed by atoms with van der Waals surface area (Å²) in [6, 6.07) is 59.5. The lowest BCUT2D eigenvalue weighted by molar-refractivity contribution is 0.202. The van der Waals surface area contributed by atoms with E-state index in [2.05, 4.69) is 173 Å². The maximum absolute atomic E-state index is 9.81. The summed E-state index contributed by atoms with van der Waals surface area (Å²) in [5, 5.41) is 19.6. The first-order chi connectivity index (χ1) is 27.2. The third-order valence-corrected chi connectivity index (χ3v) is 10.9. The van der Waals surface area contributed by atoms with Gasteiger partial charge < -0.3 is 19.7 Å². The molecule has 0 bridgehead atoms. The number of benzene rings is 7. The van der Waals surface area contributed by atoms with Gasteiger partial charge in [-0.2, -0.15) is 0 Å². The molecule has 0 fully saturated rings. The first-order valence-electron chi connectivity index (χ1n) is 19.4. The summed E-state index contributed by atoms with van der Waals surface area (Å²) in [6.07, 6.45) is 0. The Bertz CT molecular complexity index is 2080. The molecule has 0 heterocycles. The minimum atomic E-state index is -0.402. The van der Waals surface area contributed by atoms with Crippen molar-refractivity contribution in [3.8, 4) is 56.0 Å². The van der Waals surface area contributed by atoms with E-state index in [0.29, 0.717) is 0 Å². The molecule has 0 saturated carbocycles. The Morgan fingerprint density at radius 1 is 0.357 bits per heavy atom. The Labute approximate surface area is 331 Å². The van der Waals surface area contributed by atoms with E-state index in [0.717, 1.165) is 67.1 Å². The number of hydrogen-bond acceptors (Lipinski definition) is 4. The summed E-state index contributed by atoms with van der Waals surface area (Å²) in [5.74, 6) is 1.53. The van der Waals surface area contributed by atoms with Crippen molar-refractivity contribution in [2.75, 3.05) is 26.4 Å². The highest BCUT2D eigenvalue weighted by Gasteiger charge is 2.31. The van der Waals surface area contributed by atoms with Crippen molar-refractivity contribution in [3.05, 3.63) is 192 Å². The van der Waals surface area contributed by atoms with Crippen LogP contribution in [0.2, 0.25) is 0 Å². The van der Waals surface area contributed by atoms with Crippen LogP contribution in [0.15, 0.2) is 170 Å². The van der Waals surface area contributed by atoms with Crippen LogP contribution in [0.25, 0.3) is 44.5 Å². The zero-order valence-corrected chi connectivity index (χ0v) is 32.7. The van der Waals surface area contributed by atoms with Gasteiger partial charge in [-0.25, -0.2) is 0 Å². The third kappa shape index (κ3) is 7.90. The Kier molecular flexibility index (Phi) is 11.5. The van der Waals surface area contributed by atoms with Crippen LogP contribution >= 0.6 is 0 Å². The van der Waals surface area contributed by atoms with Gasteiger partial charge in [0.2, 0.25) is 0 Å². The number of rotatable bonds is 14. The van der Waals surface area contributed by atoms with E-state index < -0.39 is 10.8 Å². The second-order valence-electron chi connectivity index (χ2n) is 15.2. The molecule has 0 unspecified atom stereocenters. The Hall–Kier alpha value is -5.94. The molecule has 4 nitrogen and oxygen atoms in total. The van der Waals surface area contributed by atoms with E-state index in [1.54, 1.807) is 0 Å². The highest BCUT2D eigenvalue weighted by atomic mass is 16.5. The molecule has 282 valence electrons. The summed E-state index contributed by atoms with van der Waals surface area (Å²) >= 11 is 0. The van der Waals surface area contributed by atoms with E-state index in [9.17, 15) is 10.2 Å². The molecule has 0 aliphatic rings. The van der Waals surface area contributed by atoms with Crippen molar-refractivity contribution in [1.82, 2.24) is 0 Å². The average Bonchev–Trinajstić information content (AvgIpc) is 3.25. The highest BCUT2D eigenvalue weighted by molar-refractivity contribution is 5.85. The van der Waals surface area contributed by atoms with Crippen molar-refractivity contribution in [2.45, 2.75) is 38.5 Å². The lowest BCUT2D eigenvalue weighted by Crippen LogP contribution is -2.23. The van der Waals surface area contributed by atoms with Gasteiger partial charge in [-0.1, -0.05) is 173 Å². The van der Waals surface area contributed by atoms with E-state index in [1.165, 1.54) is 11.1 Å². The standard InChI is InChI=1S/C52H50O4/c1-51(2,43-33-45(37-18-9-5-10-19-37)49(55-30-28-53)46(34-43)38-20-11-6-12-21-38)41-26-17-27-42(32-41)52(3,4)44-35-47(39-22-13-7-14-23-39)50(56-31-29-54)48(36-44)40-24-15-8-16-25-40/h5-27,32-36,53-54H,28-31H2,1-4H3. The maximum atomic E-state index is 9.81. The normalized spacial score (nSPS) is 11.7. The summed E-state index contributed by atoms with van der Waals surface area (Å²) < 4.78 is 12.7. The predicted octanol–water partition coefficient (Wildman–Crippen LogP) is 11.7. The van der Waals surface area contributed by atoms with Crippen LogP contribution in [-0.2, 0) is 10.8 Å². The quantitative estimate of drug-likeness (QED) is 0.117. The largest absolute Gasteiger partial charge is 0.490 e. The molecule has 0 amide bonds. The van der Waals surface area contributed by atoms with Crippen LogP contribution in [-0.4, -0.2) is 36.6 Å². The summed E-state index contributed by atoms with van der Waals surface area (Å²) in [4.78, 5) is 0. The van der Waals surface area contributed by atoms with E-state index >= 15 is 0 Å². The number of aliphatic hydroxyl groups is 2. The molecule has 0 spiro atoms. The highest BCUT2D eigenvalue weighted by Crippen LogP contribution is 2.47. The van der Waals surface area contributed by atoms with Gasteiger partial charge in [0.1, 0.15) is 24.7 Å². The number of ether oxygens (including phenoxy) is 2. The lowest BCUT2D eigenvalue weighted by atomic mass is 9.72. The van der Waals surface area contributed by atoms with Crippen molar-refractivity contribution in [3.63, 3.8) is 0 Å². The molecule has 7 rings (SSSR count). The molecule has 0 aliphatic carbocycles. The van der Waals surface area contributed by atoms with E-state index in [1.807, 2.05) is 24.3 Å². The van der Waals surface area contributed by atoms with Crippen molar-refractivity contribution >= 4 is 0 Å². The van der Waals surface area contributed by atoms with Crippen molar-refractivity contribution in [1.29, 1.82) is 0 Å². The summed E-state index contributed by atoms with van der Waals surface area (Å²) in [7, 11) is 0. The van der Waals surface area contributed by atoms with Crippen LogP contribution in [0, 0.1) is 0 Å². The molecular weight excluding hydrogens is 689 g/mol. The monoisotopic (exact) mass is 738 g/mol. The molecule has 4 heteroatoms. The SMILES string of the molecule is CC(C)(c1cccc(C(C)(C)c2cc(-c3ccccc3)c(OCCO)c(-c3ccccc3)c2)c1)c1cc(-c2ccccc2)c(OCCO)c(-c2ccccc2)c1. The lowest BCUT2D eigenvalue weighted by Gasteiger charge is -2.32. The minimum Gasteiger partial charge on any atom is -0.490 e. The van der Waals surface area contributed by atoms with Crippen LogP contribution in [0.4, 0.5) is 0 Å². The molecule has 0 atom stereocenters. The van der Waals surface area contributed by atoms with E-state index in [4.69, 9.17) is 9.47 Å². The fourth-order valence-corrected chi connectivity index (χ4v) is 7.54. The number of hydrogen-bond donors (Lipinski definition) is 2. The van der Waals surface area contributed by atoms with Crippen LogP contribution in [0.5, 0.6) is 11.5 Å². The Morgan fingerprint density at radius 3 is 0.911 bits per heavy atom. The van der Waals surface area contributed by atoms with Crippen molar-refractivity contribution < 1.29 is 19.7 Å². The third-order valence-electron chi connectivity index (χ3n) is 10.9. The molecule has 0 saturated heterocycles. The molecule has 7 aromatic carbocycles. The van der Waals surface area contributed by atoms with Crippen LogP contribution < -0.4 is 9.47 Å². The molecule has 0 radical (unpaired) electrons. The second-order valence-corrected chi connectivity index (χ2v) is 15.2. The zero-order valence-electron chi connectivity index (χ0n) is 32.7. The average molecular weight is 739 g/mol. The molecule has 56 heavy (non-hydrogen) atoms. The first-order valence-corrected chi connectivity index (χ1v) is 19.4. The van der Waals surface area contributed by atoms with Gasteiger partial charge in [-0.05, 0) is 68.8 Å². The Balaban J connectivity index is 1.38. The van der Waals surface area contributed by atoms with Gasteiger partial charge in [-0.15, -0.1) is 0 Å². The fraction of sp³-hybridized carbons (Fsp3) is 0.192.